The van der Waals surface area contributed by atoms with Gasteiger partial charge in [-0.05, 0) is 24.5 Å². The van der Waals surface area contributed by atoms with Crippen molar-refractivity contribution in [1.82, 2.24) is 5.32 Å². The topological polar surface area (TPSA) is 82.4 Å². The fourth-order valence-corrected chi connectivity index (χ4v) is 1.34. The molecule has 0 spiro atoms. The Balaban J connectivity index is 2.23. The third-order valence-electron chi connectivity index (χ3n) is 2.09. The van der Waals surface area contributed by atoms with Crippen LogP contribution in [-0.4, -0.2) is 11.9 Å². The lowest BCUT2D eigenvalue weighted by Crippen LogP contribution is -2.28. The van der Waals surface area contributed by atoms with E-state index in [9.17, 15) is 14.7 Å². The number of amides is 1. The highest BCUT2D eigenvalue weighted by Crippen LogP contribution is 2.06. The van der Waals surface area contributed by atoms with Crippen LogP contribution in [0.4, 0.5) is 0 Å². The molecule has 88 valence electrons. The van der Waals surface area contributed by atoms with Gasteiger partial charge in [-0.2, -0.15) is 0 Å². The standard InChI is InChI=1S/C11H15NO4/c1-8(6-11(14)15)5-10(13)12-7-9-3-2-4-16-9/h2-4,8H,5-7H2,1H3,(H,12,13)(H,14,15)/p-1/t8-/m1/s1. The molecule has 5 heteroatoms. The normalized spacial score (nSPS) is 12.1. The van der Waals surface area contributed by atoms with Gasteiger partial charge < -0.3 is 19.6 Å². The Bertz CT molecular complexity index is 345. The second kappa shape index (κ2) is 5.95. The fourth-order valence-electron chi connectivity index (χ4n) is 1.34. The van der Waals surface area contributed by atoms with Crippen molar-refractivity contribution in [1.29, 1.82) is 0 Å². The van der Waals surface area contributed by atoms with Crippen molar-refractivity contribution in [3.05, 3.63) is 24.2 Å². The van der Waals surface area contributed by atoms with E-state index >= 15 is 0 Å². The number of furan rings is 1. The van der Waals surface area contributed by atoms with Gasteiger partial charge in [-0.25, -0.2) is 0 Å². The van der Waals surface area contributed by atoms with Gasteiger partial charge in [-0.3, -0.25) is 4.79 Å². The minimum Gasteiger partial charge on any atom is -0.550 e. The molecule has 1 atom stereocenters. The molecule has 0 aromatic carbocycles. The van der Waals surface area contributed by atoms with E-state index in [4.69, 9.17) is 4.42 Å². The van der Waals surface area contributed by atoms with Crippen molar-refractivity contribution in [2.75, 3.05) is 0 Å². The maximum absolute atomic E-state index is 11.4. The molecule has 0 aliphatic heterocycles. The van der Waals surface area contributed by atoms with Crippen LogP contribution in [0.1, 0.15) is 25.5 Å². The van der Waals surface area contributed by atoms with E-state index in [2.05, 4.69) is 5.32 Å². The van der Waals surface area contributed by atoms with Crippen molar-refractivity contribution in [2.45, 2.75) is 26.3 Å². The maximum atomic E-state index is 11.4. The molecule has 0 saturated heterocycles. The molecule has 0 aliphatic rings. The first-order chi connectivity index (χ1) is 7.58. The molecule has 1 N–H and O–H groups in total. The number of carbonyl (C=O) groups is 2. The predicted octanol–water partition coefficient (Wildman–Crippen LogP) is 0.0620. The molecule has 16 heavy (non-hydrogen) atoms. The number of hydrogen-bond acceptors (Lipinski definition) is 4. The first kappa shape index (κ1) is 12.3. The number of aliphatic carboxylic acids is 1. The fraction of sp³-hybridized carbons (Fsp3) is 0.455. The molecular weight excluding hydrogens is 210 g/mol. The van der Waals surface area contributed by atoms with Crippen LogP contribution in [0.3, 0.4) is 0 Å². The highest BCUT2D eigenvalue weighted by atomic mass is 16.4. The molecule has 5 nitrogen and oxygen atoms in total. The van der Waals surface area contributed by atoms with E-state index < -0.39 is 5.97 Å². The van der Waals surface area contributed by atoms with Crippen LogP contribution in [0.2, 0.25) is 0 Å². The van der Waals surface area contributed by atoms with Gasteiger partial charge in [0.05, 0.1) is 12.8 Å². The van der Waals surface area contributed by atoms with Gasteiger partial charge in [-0.15, -0.1) is 0 Å². The summed E-state index contributed by atoms with van der Waals surface area (Å²) in [7, 11) is 0. The molecule has 0 radical (unpaired) electrons. The molecule has 0 unspecified atom stereocenters. The number of hydrogen-bond donors (Lipinski definition) is 1. The first-order valence-electron chi connectivity index (χ1n) is 5.07. The third kappa shape index (κ3) is 4.63. The summed E-state index contributed by atoms with van der Waals surface area (Å²) in [6.07, 6.45) is 1.60. The lowest BCUT2D eigenvalue weighted by atomic mass is 10.0. The highest BCUT2D eigenvalue weighted by molar-refractivity contribution is 5.76. The summed E-state index contributed by atoms with van der Waals surface area (Å²) in [5.74, 6) is -0.876. The zero-order valence-electron chi connectivity index (χ0n) is 9.06. The Morgan fingerprint density at radius 1 is 1.50 bits per heavy atom. The van der Waals surface area contributed by atoms with E-state index in [1.807, 2.05) is 0 Å². The van der Waals surface area contributed by atoms with Gasteiger partial charge in [0, 0.05) is 12.4 Å². The second-order valence-electron chi connectivity index (χ2n) is 3.74. The number of carboxylic acid groups (broad SMARTS) is 1. The van der Waals surface area contributed by atoms with E-state index in [1.165, 1.54) is 6.26 Å². The highest BCUT2D eigenvalue weighted by Gasteiger charge is 2.09. The summed E-state index contributed by atoms with van der Waals surface area (Å²) in [4.78, 5) is 21.6. The molecule has 1 heterocycles. The van der Waals surface area contributed by atoms with Crippen LogP contribution in [0.25, 0.3) is 0 Å². The Labute approximate surface area is 93.4 Å². The van der Waals surface area contributed by atoms with Crippen LogP contribution >= 0.6 is 0 Å². The third-order valence-corrected chi connectivity index (χ3v) is 2.09. The maximum Gasteiger partial charge on any atom is 0.220 e. The summed E-state index contributed by atoms with van der Waals surface area (Å²) in [6, 6.07) is 3.49. The van der Waals surface area contributed by atoms with Crippen molar-refractivity contribution in [3.8, 4) is 0 Å². The van der Waals surface area contributed by atoms with E-state index in [-0.39, 0.29) is 24.7 Å². The molecule has 0 bridgehead atoms. The summed E-state index contributed by atoms with van der Waals surface area (Å²) in [5.41, 5.74) is 0. The quantitative estimate of drug-likeness (QED) is 0.740. The van der Waals surface area contributed by atoms with Gasteiger partial charge in [0.25, 0.3) is 0 Å². The van der Waals surface area contributed by atoms with Crippen molar-refractivity contribution in [2.24, 2.45) is 5.92 Å². The summed E-state index contributed by atoms with van der Waals surface area (Å²) in [5, 5.41) is 12.9. The summed E-state index contributed by atoms with van der Waals surface area (Å²) in [6.45, 7) is 2.02. The molecule has 0 saturated carbocycles. The van der Waals surface area contributed by atoms with Gasteiger partial charge in [-0.1, -0.05) is 6.92 Å². The number of carbonyl (C=O) groups excluding carboxylic acids is 2. The Hall–Kier alpha value is -1.78. The predicted molar refractivity (Wildman–Crippen MR) is 54.0 cm³/mol. The molecule has 1 aromatic rings. The minimum absolute atomic E-state index is 0.103. The molecule has 1 rings (SSSR count). The lowest BCUT2D eigenvalue weighted by Gasteiger charge is -2.11. The van der Waals surface area contributed by atoms with E-state index in [0.717, 1.165) is 0 Å². The van der Waals surface area contributed by atoms with Crippen LogP contribution in [-0.2, 0) is 16.1 Å². The van der Waals surface area contributed by atoms with Gasteiger partial charge in [0.2, 0.25) is 5.91 Å². The van der Waals surface area contributed by atoms with Crippen molar-refractivity contribution < 1.29 is 19.1 Å². The number of rotatable bonds is 6. The van der Waals surface area contributed by atoms with Gasteiger partial charge in [0.1, 0.15) is 5.76 Å². The summed E-state index contributed by atoms with van der Waals surface area (Å²) < 4.78 is 5.03. The molecule has 0 aliphatic carbocycles. The smallest absolute Gasteiger partial charge is 0.220 e. The van der Waals surface area contributed by atoms with E-state index in [0.29, 0.717) is 12.3 Å². The van der Waals surface area contributed by atoms with Crippen molar-refractivity contribution in [3.63, 3.8) is 0 Å². The molecule has 1 amide bonds. The van der Waals surface area contributed by atoms with Gasteiger partial charge in [0.15, 0.2) is 0 Å². The molecule has 1 aromatic heterocycles. The molecular formula is C11H14NO4-. The Morgan fingerprint density at radius 3 is 2.81 bits per heavy atom. The van der Waals surface area contributed by atoms with E-state index in [1.54, 1.807) is 19.1 Å². The van der Waals surface area contributed by atoms with Crippen molar-refractivity contribution >= 4 is 11.9 Å². The summed E-state index contributed by atoms with van der Waals surface area (Å²) >= 11 is 0. The lowest BCUT2D eigenvalue weighted by molar-refractivity contribution is -0.306. The number of nitrogens with one attached hydrogen (secondary N) is 1. The zero-order chi connectivity index (χ0) is 12.0. The largest absolute Gasteiger partial charge is 0.550 e. The SMILES string of the molecule is C[C@@H](CC(=O)[O-])CC(=O)NCc1ccco1. The minimum atomic E-state index is -1.13. The van der Waals surface area contributed by atoms with Crippen LogP contribution in [0.15, 0.2) is 22.8 Å². The first-order valence-corrected chi connectivity index (χ1v) is 5.07. The molecule has 0 fully saturated rings. The van der Waals surface area contributed by atoms with Crippen LogP contribution < -0.4 is 10.4 Å². The van der Waals surface area contributed by atoms with Crippen LogP contribution in [0.5, 0.6) is 0 Å². The Morgan fingerprint density at radius 2 is 2.25 bits per heavy atom. The average Bonchev–Trinajstić information content (AvgIpc) is 2.65. The van der Waals surface area contributed by atoms with Gasteiger partial charge >= 0.3 is 0 Å². The average molecular weight is 224 g/mol. The number of carboxylic acids is 1. The zero-order valence-corrected chi connectivity index (χ0v) is 9.06. The second-order valence-corrected chi connectivity index (χ2v) is 3.74. The monoisotopic (exact) mass is 224 g/mol. The Kier molecular flexibility index (Phi) is 4.57. The van der Waals surface area contributed by atoms with Crippen LogP contribution in [0, 0.1) is 5.92 Å².